The summed E-state index contributed by atoms with van der Waals surface area (Å²) in [6.45, 7) is 6.88. The van der Waals surface area contributed by atoms with Gasteiger partial charge in [-0.25, -0.2) is 14.8 Å². The van der Waals surface area contributed by atoms with Gasteiger partial charge in [0.1, 0.15) is 28.8 Å². The molecule has 2 aromatic carbocycles. The molecule has 3 atom stereocenters. The lowest BCUT2D eigenvalue weighted by molar-refractivity contribution is -0.141. The van der Waals surface area contributed by atoms with E-state index in [4.69, 9.17) is 4.98 Å². The molecule has 352 valence electrons. The predicted molar refractivity (Wildman–Crippen MR) is 255 cm³/mol. The first-order chi connectivity index (χ1) is 32.7. The van der Waals surface area contributed by atoms with Gasteiger partial charge < -0.3 is 35.3 Å². The number of hydrogen-bond donors (Lipinski definition) is 3. The van der Waals surface area contributed by atoms with Crippen molar-refractivity contribution in [1.82, 2.24) is 40.2 Å². The van der Waals surface area contributed by atoms with E-state index in [-0.39, 0.29) is 59.1 Å². The van der Waals surface area contributed by atoms with Crippen LogP contribution in [0.25, 0.3) is 22.3 Å². The highest BCUT2D eigenvalue weighted by atomic mass is 16.4. The molecule has 4 aliphatic heterocycles. The van der Waals surface area contributed by atoms with Gasteiger partial charge in [-0.1, -0.05) is 67.8 Å². The van der Waals surface area contributed by atoms with Crippen LogP contribution in [0.5, 0.6) is 0 Å². The molecule has 4 amide bonds. The zero-order valence-electron chi connectivity index (χ0n) is 38.5. The minimum atomic E-state index is -1.12. The number of hydrogen-bond acceptors (Lipinski definition) is 9. The van der Waals surface area contributed by atoms with Crippen molar-refractivity contribution in [3.8, 4) is 22.3 Å². The molecule has 0 spiro atoms. The van der Waals surface area contributed by atoms with Crippen LogP contribution >= 0.6 is 0 Å². The Labute approximate surface area is 393 Å². The largest absolute Gasteiger partial charge is 0.480 e. The van der Waals surface area contributed by atoms with Crippen LogP contribution in [0.2, 0.25) is 0 Å². The van der Waals surface area contributed by atoms with Crippen molar-refractivity contribution >= 4 is 29.6 Å². The summed E-state index contributed by atoms with van der Waals surface area (Å²) in [5.41, 5.74) is 3.78. The van der Waals surface area contributed by atoms with Gasteiger partial charge in [0.15, 0.2) is 0 Å². The number of nitrogens with one attached hydrogen (secondary N) is 2. The highest BCUT2D eigenvalue weighted by molar-refractivity contribution is 6.01. The number of nitrogens with zero attached hydrogens (tertiary/aromatic N) is 6. The fourth-order valence-corrected chi connectivity index (χ4v) is 11.1. The summed E-state index contributed by atoms with van der Waals surface area (Å²) >= 11 is 0. The van der Waals surface area contributed by atoms with Crippen molar-refractivity contribution in [2.24, 2.45) is 5.92 Å². The van der Waals surface area contributed by atoms with Gasteiger partial charge in [0.2, 0.25) is 0 Å². The molecule has 4 saturated heterocycles. The summed E-state index contributed by atoms with van der Waals surface area (Å²) in [7, 11) is 0. The second-order valence-electron chi connectivity index (χ2n) is 19.3. The van der Waals surface area contributed by atoms with Crippen LogP contribution in [0.1, 0.15) is 131 Å². The van der Waals surface area contributed by atoms with E-state index >= 15 is 0 Å². The number of aromatic nitrogens is 2. The smallest absolute Gasteiger partial charge is 0.326 e. The molecule has 6 heterocycles. The number of pyridine rings is 2. The number of carbonyl (C=O) groups excluding carboxylic acids is 4. The van der Waals surface area contributed by atoms with Crippen LogP contribution < -0.4 is 10.6 Å². The van der Waals surface area contributed by atoms with Crippen molar-refractivity contribution in [2.75, 3.05) is 52.4 Å². The van der Waals surface area contributed by atoms with Gasteiger partial charge in [-0.2, -0.15) is 0 Å². The van der Waals surface area contributed by atoms with Gasteiger partial charge >= 0.3 is 5.97 Å². The number of carbonyl (C=O) groups is 5. The number of rotatable bonds is 15. The highest BCUT2D eigenvalue weighted by Crippen LogP contribution is 2.31. The van der Waals surface area contributed by atoms with Gasteiger partial charge in [0, 0.05) is 44.8 Å². The molecule has 67 heavy (non-hydrogen) atoms. The number of carboxylic acids is 1. The second-order valence-corrected chi connectivity index (χ2v) is 19.3. The fourth-order valence-electron chi connectivity index (χ4n) is 11.1. The molecule has 1 saturated carbocycles. The Morgan fingerprint density at radius 3 is 1.61 bits per heavy atom. The SMILES string of the molecule is O=C(NCc1cccc(-c2ccccc2)c1)c1cc(-c2cc(C(=O)NC(C(=O)O)C3CCCCC3)nc(C(=O)N3CCC[C@H]3CN3CCCC3)c2)cc(C(=O)N2CCC[C@H]2CN2CCCC2)n1. The molecule has 4 aromatic rings. The number of carboxylic acid groups (broad SMARTS) is 1. The monoisotopic (exact) mass is 908 g/mol. The van der Waals surface area contributed by atoms with E-state index in [2.05, 4.69) is 25.4 Å². The average Bonchev–Trinajstić information content (AvgIpc) is 4.23. The third-order valence-electron chi connectivity index (χ3n) is 14.7. The minimum Gasteiger partial charge on any atom is -0.480 e. The first-order valence-electron chi connectivity index (χ1n) is 24.7. The third kappa shape index (κ3) is 11.1. The van der Waals surface area contributed by atoms with E-state index in [1.165, 1.54) is 6.07 Å². The molecule has 0 radical (unpaired) electrons. The lowest BCUT2D eigenvalue weighted by Crippen LogP contribution is -2.47. The summed E-state index contributed by atoms with van der Waals surface area (Å²) in [5, 5.41) is 16.1. The number of aliphatic carboxylic acids is 1. The van der Waals surface area contributed by atoms with E-state index in [1.54, 1.807) is 18.2 Å². The summed E-state index contributed by atoms with van der Waals surface area (Å²) in [6, 6.07) is 23.2. The van der Waals surface area contributed by atoms with Gasteiger partial charge in [-0.05, 0) is 154 Å². The summed E-state index contributed by atoms with van der Waals surface area (Å²) < 4.78 is 0. The van der Waals surface area contributed by atoms with E-state index in [0.717, 1.165) is 127 Å². The Kier molecular flexibility index (Phi) is 14.7. The maximum atomic E-state index is 14.7. The first-order valence-corrected chi connectivity index (χ1v) is 24.7. The van der Waals surface area contributed by atoms with E-state index in [1.807, 2.05) is 64.4 Å². The molecular weight excluding hydrogens is 845 g/mol. The topological polar surface area (TPSA) is 168 Å². The maximum Gasteiger partial charge on any atom is 0.326 e. The molecule has 5 fully saturated rings. The van der Waals surface area contributed by atoms with Crippen LogP contribution in [0.4, 0.5) is 0 Å². The fraction of sp³-hybridized carbons (Fsp3) is 0.491. The van der Waals surface area contributed by atoms with Crippen molar-refractivity contribution in [2.45, 2.75) is 108 Å². The molecule has 1 unspecified atom stereocenters. The first kappa shape index (κ1) is 46.1. The minimum absolute atomic E-state index is 0.00554. The Hall–Kier alpha value is -5.99. The summed E-state index contributed by atoms with van der Waals surface area (Å²) in [5.74, 6) is -3.13. The van der Waals surface area contributed by atoms with Crippen LogP contribution in [0.15, 0.2) is 78.9 Å². The molecule has 14 heteroatoms. The van der Waals surface area contributed by atoms with E-state index in [0.29, 0.717) is 37.1 Å². The van der Waals surface area contributed by atoms with Crippen molar-refractivity contribution < 1.29 is 29.1 Å². The quantitative estimate of drug-likeness (QED) is 0.114. The van der Waals surface area contributed by atoms with Gasteiger partial charge in [-0.15, -0.1) is 0 Å². The van der Waals surface area contributed by atoms with Crippen LogP contribution in [-0.4, -0.2) is 135 Å². The van der Waals surface area contributed by atoms with Crippen LogP contribution in [-0.2, 0) is 11.3 Å². The summed E-state index contributed by atoms with van der Waals surface area (Å²) in [4.78, 5) is 88.6. The third-order valence-corrected chi connectivity index (χ3v) is 14.7. The number of benzene rings is 2. The highest BCUT2D eigenvalue weighted by Gasteiger charge is 2.36. The Morgan fingerprint density at radius 2 is 1.06 bits per heavy atom. The standard InChI is InChI=1S/C53H64N8O6/c62-49(54-33-36-14-11-19-39(28-36)37-15-3-1-4-16-37)44-29-40(31-46(55-44)51(64)60-26-12-20-42(60)34-58-22-7-8-23-58)41-30-45(50(63)57-48(53(66)67)38-17-5-2-6-18-38)56-47(32-41)52(65)61-27-13-21-43(61)35-59-24-9-10-25-59/h1,3-4,11,14-16,19,28-32,38,42-43,48H,2,5-10,12-13,17-18,20-27,33-35H2,(H,54,62)(H,57,63)(H,66,67)/t42-,43-,48?/m0/s1. The van der Waals surface area contributed by atoms with E-state index < -0.39 is 23.8 Å². The molecule has 3 N–H and O–H groups in total. The van der Waals surface area contributed by atoms with Crippen LogP contribution in [0, 0.1) is 5.92 Å². The van der Waals surface area contributed by atoms with Gasteiger partial charge in [0.25, 0.3) is 23.6 Å². The second kappa shape index (κ2) is 21.3. The normalized spacial score (nSPS) is 20.8. The molecule has 2 aromatic heterocycles. The predicted octanol–water partition coefficient (Wildman–Crippen LogP) is 6.90. The molecule has 1 aliphatic carbocycles. The summed E-state index contributed by atoms with van der Waals surface area (Å²) in [6.07, 6.45) is 12.2. The lowest BCUT2D eigenvalue weighted by atomic mass is 9.84. The Balaban J connectivity index is 1.07. The van der Waals surface area contributed by atoms with Gasteiger partial charge in [0.05, 0.1) is 0 Å². The number of likely N-dealkylation sites (tertiary alicyclic amines) is 4. The maximum absolute atomic E-state index is 14.7. The zero-order chi connectivity index (χ0) is 46.3. The number of amides is 4. The van der Waals surface area contributed by atoms with Crippen molar-refractivity contribution in [3.63, 3.8) is 0 Å². The Bertz CT molecular complexity index is 2430. The zero-order valence-corrected chi connectivity index (χ0v) is 38.5. The Morgan fingerprint density at radius 1 is 0.537 bits per heavy atom. The molecule has 5 aliphatic rings. The molecular formula is C53H64N8O6. The molecule has 14 nitrogen and oxygen atoms in total. The lowest BCUT2D eigenvalue weighted by Gasteiger charge is -2.29. The van der Waals surface area contributed by atoms with Crippen LogP contribution in [0.3, 0.4) is 0 Å². The van der Waals surface area contributed by atoms with Crippen molar-refractivity contribution in [1.29, 1.82) is 0 Å². The average molecular weight is 909 g/mol. The molecule has 9 rings (SSSR count). The van der Waals surface area contributed by atoms with Gasteiger partial charge in [-0.3, -0.25) is 19.2 Å². The van der Waals surface area contributed by atoms with Crippen molar-refractivity contribution in [3.05, 3.63) is 107 Å². The molecule has 0 bridgehead atoms. The van der Waals surface area contributed by atoms with E-state index in [9.17, 15) is 29.1 Å².